The third-order valence-electron chi connectivity index (χ3n) is 6.50. The van der Waals surface area contributed by atoms with E-state index in [2.05, 4.69) is 4.90 Å². The lowest BCUT2D eigenvalue weighted by Gasteiger charge is -2.36. The average Bonchev–Trinajstić information content (AvgIpc) is 2.89. The first-order valence-corrected chi connectivity index (χ1v) is 12.8. The molecule has 1 aliphatic rings. The molecule has 0 atom stereocenters. The number of piperazine rings is 1. The Morgan fingerprint density at radius 1 is 0.947 bits per heavy atom. The van der Waals surface area contributed by atoms with Gasteiger partial charge in [-0.1, -0.05) is 35.9 Å². The van der Waals surface area contributed by atoms with Crippen LogP contribution in [-0.2, 0) is 13.1 Å². The van der Waals surface area contributed by atoms with Gasteiger partial charge in [0.05, 0.1) is 12.2 Å². The normalized spacial score (nSPS) is 14.6. The number of hydrogen-bond acceptors (Lipinski definition) is 5. The Kier molecular flexibility index (Phi) is 8.83. The minimum Gasteiger partial charge on any atom is -0.482 e. The maximum absolute atomic E-state index is 13.0. The van der Waals surface area contributed by atoms with E-state index in [0.29, 0.717) is 68.5 Å². The number of rotatable bonds is 9. The SMILES string of the molecule is Cc1cn(Cc2ccc(Cl)cc2)c(=O)n(CCCN2CCN(c3ccccc3OCC(F)(F)F)CC2)c1=O. The summed E-state index contributed by atoms with van der Waals surface area (Å²) in [7, 11) is 0. The number of halogens is 4. The van der Waals surface area contributed by atoms with Crippen LogP contribution < -0.4 is 20.9 Å². The Morgan fingerprint density at radius 2 is 1.63 bits per heavy atom. The van der Waals surface area contributed by atoms with Crippen LogP contribution in [0, 0.1) is 6.92 Å². The molecule has 0 radical (unpaired) electrons. The van der Waals surface area contributed by atoms with Crippen LogP contribution in [0.5, 0.6) is 5.75 Å². The molecule has 2 heterocycles. The molecule has 0 aliphatic carbocycles. The van der Waals surface area contributed by atoms with Crippen molar-refractivity contribution < 1.29 is 17.9 Å². The number of anilines is 1. The van der Waals surface area contributed by atoms with Crippen molar-refractivity contribution in [1.82, 2.24) is 14.0 Å². The van der Waals surface area contributed by atoms with Gasteiger partial charge in [0.15, 0.2) is 6.61 Å². The molecule has 11 heteroatoms. The molecule has 0 unspecified atom stereocenters. The van der Waals surface area contributed by atoms with Gasteiger partial charge in [0.1, 0.15) is 5.75 Å². The Hall–Kier alpha value is -3.24. The van der Waals surface area contributed by atoms with Crippen molar-refractivity contribution in [3.8, 4) is 5.75 Å². The van der Waals surface area contributed by atoms with Gasteiger partial charge in [0, 0.05) is 49.5 Å². The van der Waals surface area contributed by atoms with Gasteiger partial charge in [-0.15, -0.1) is 0 Å². The van der Waals surface area contributed by atoms with Gasteiger partial charge < -0.3 is 9.64 Å². The van der Waals surface area contributed by atoms with Crippen molar-refractivity contribution in [2.45, 2.75) is 32.6 Å². The fourth-order valence-corrected chi connectivity index (χ4v) is 4.69. The lowest BCUT2D eigenvalue weighted by molar-refractivity contribution is -0.153. The lowest BCUT2D eigenvalue weighted by atomic mass is 10.2. The van der Waals surface area contributed by atoms with Gasteiger partial charge in [0.25, 0.3) is 5.56 Å². The highest BCUT2D eigenvalue weighted by atomic mass is 35.5. The van der Waals surface area contributed by atoms with Gasteiger partial charge in [-0.05, 0) is 49.7 Å². The van der Waals surface area contributed by atoms with Crippen molar-refractivity contribution in [2.75, 3.05) is 44.2 Å². The zero-order valence-corrected chi connectivity index (χ0v) is 21.8. The zero-order chi connectivity index (χ0) is 27.3. The summed E-state index contributed by atoms with van der Waals surface area (Å²) >= 11 is 5.95. The van der Waals surface area contributed by atoms with Crippen LogP contribution in [0.1, 0.15) is 17.5 Å². The molecule has 0 amide bonds. The number of nitrogens with zero attached hydrogens (tertiary/aromatic N) is 4. The summed E-state index contributed by atoms with van der Waals surface area (Å²) in [6.45, 7) is 4.37. The molecule has 1 saturated heterocycles. The maximum atomic E-state index is 13.0. The molecule has 1 aliphatic heterocycles. The number of para-hydroxylation sites is 2. The Bertz CT molecular complexity index is 1350. The van der Waals surface area contributed by atoms with Crippen LogP contribution in [0.2, 0.25) is 5.02 Å². The van der Waals surface area contributed by atoms with E-state index in [1.165, 1.54) is 9.13 Å². The van der Waals surface area contributed by atoms with Crippen molar-refractivity contribution in [1.29, 1.82) is 0 Å². The predicted molar refractivity (Wildman–Crippen MR) is 142 cm³/mol. The first-order chi connectivity index (χ1) is 18.1. The van der Waals surface area contributed by atoms with Gasteiger partial charge in [-0.3, -0.25) is 18.8 Å². The highest BCUT2D eigenvalue weighted by molar-refractivity contribution is 6.30. The highest BCUT2D eigenvalue weighted by Crippen LogP contribution is 2.30. The van der Waals surface area contributed by atoms with Crippen molar-refractivity contribution in [3.05, 3.63) is 91.7 Å². The van der Waals surface area contributed by atoms with Crippen LogP contribution in [0.15, 0.2) is 64.3 Å². The van der Waals surface area contributed by atoms with E-state index in [4.69, 9.17) is 16.3 Å². The monoisotopic (exact) mass is 550 g/mol. The van der Waals surface area contributed by atoms with E-state index < -0.39 is 12.8 Å². The maximum Gasteiger partial charge on any atom is 0.422 e. The van der Waals surface area contributed by atoms with Gasteiger partial charge in [-0.2, -0.15) is 13.2 Å². The molecule has 4 rings (SSSR count). The van der Waals surface area contributed by atoms with E-state index in [9.17, 15) is 22.8 Å². The minimum atomic E-state index is -4.40. The number of aromatic nitrogens is 2. The second kappa shape index (κ2) is 12.1. The molecule has 7 nitrogen and oxygen atoms in total. The summed E-state index contributed by atoms with van der Waals surface area (Å²) in [4.78, 5) is 30.0. The van der Waals surface area contributed by atoms with E-state index in [1.54, 1.807) is 49.5 Å². The molecule has 0 saturated carbocycles. The number of hydrogen-bond donors (Lipinski definition) is 0. The van der Waals surface area contributed by atoms with Crippen molar-refractivity contribution >= 4 is 17.3 Å². The molecule has 38 heavy (non-hydrogen) atoms. The summed E-state index contributed by atoms with van der Waals surface area (Å²) < 4.78 is 45.7. The van der Waals surface area contributed by atoms with Crippen LogP contribution in [0.25, 0.3) is 0 Å². The molecule has 0 spiro atoms. The smallest absolute Gasteiger partial charge is 0.422 e. The second-order valence-electron chi connectivity index (χ2n) is 9.36. The first kappa shape index (κ1) is 27.8. The van der Waals surface area contributed by atoms with Crippen LogP contribution in [0.4, 0.5) is 18.9 Å². The molecule has 2 aromatic carbocycles. The van der Waals surface area contributed by atoms with Crippen molar-refractivity contribution in [2.24, 2.45) is 0 Å². The fraction of sp³-hybridized carbons (Fsp3) is 0.407. The summed E-state index contributed by atoms with van der Waals surface area (Å²) in [6.07, 6.45) is -2.19. The van der Waals surface area contributed by atoms with Gasteiger partial charge in [0.2, 0.25) is 0 Å². The number of ether oxygens (including phenoxy) is 1. The Labute approximate surface area is 223 Å². The molecule has 1 aromatic heterocycles. The molecular formula is C27H30ClF3N4O3. The molecule has 3 aromatic rings. The Morgan fingerprint density at radius 3 is 2.32 bits per heavy atom. The molecule has 204 valence electrons. The lowest BCUT2D eigenvalue weighted by Crippen LogP contribution is -2.47. The van der Waals surface area contributed by atoms with Gasteiger partial charge in [-0.25, -0.2) is 4.79 Å². The third-order valence-corrected chi connectivity index (χ3v) is 6.75. The fourth-order valence-electron chi connectivity index (χ4n) is 4.56. The van der Waals surface area contributed by atoms with Crippen LogP contribution >= 0.6 is 11.6 Å². The molecule has 0 N–H and O–H groups in total. The van der Waals surface area contributed by atoms with Gasteiger partial charge >= 0.3 is 11.9 Å². The Balaban J connectivity index is 1.33. The largest absolute Gasteiger partial charge is 0.482 e. The van der Waals surface area contributed by atoms with Crippen LogP contribution in [0.3, 0.4) is 0 Å². The van der Waals surface area contributed by atoms with Crippen molar-refractivity contribution in [3.63, 3.8) is 0 Å². The summed E-state index contributed by atoms with van der Waals surface area (Å²) in [5.41, 5.74) is 1.41. The molecule has 0 bridgehead atoms. The minimum absolute atomic E-state index is 0.215. The highest BCUT2D eigenvalue weighted by Gasteiger charge is 2.29. The number of alkyl halides is 3. The summed E-state index contributed by atoms with van der Waals surface area (Å²) in [5, 5.41) is 0.613. The zero-order valence-electron chi connectivity index (χ0n) is 21.1. The second-order valence-corrected chi connectivity index (χ2v) is 9.80. The number of benzene rings is 2. The van der Waals surface area contributed by atoms with E-state index >= 15 is 0 Å². The van der Waals surface area contributed by atoms with E-state index in [0.717, 1.165) is 5.56 Å². The molecule has 1 fully saturated rings. The van der Waals surface area contributed by atoms with E-state index in [1.807, 2.05) is 17.0 Å². The third kappa shape index (κ3) is 7.20. The van der Waals surface area contributed by atoms with Crippen LogP contribution in [-0.4, -0.2) is 59.5 Å². The van der Waals surface area contributed by atoms with E-state index in [-0.39, 0.29) is 17.0 Å². The predicted octanol–water partition coefficient (Wildman–Crippen LogP) is 4.17. The number of aryl methyl sites for hydroxylation is 1. The quantitative estimate of drug-likeness (QED) is 0.400. The first-order valence-electron chi connectivity index (χ1n) is 12.4. The topological polar surface area (TPSA) is 59.7 Å². The molecular weight excluding hydrogens is 521 g/mol. The summed E-state index contributed by atoms with van der Waals surface area (Å²) in [5.74, 6) is 0.215. The average molecular weight is 551 g/mol. The standard InChI is InChI=1S/C27H30ClF3N4O3/c1-20-17-34(18-21-7-9-22(28)10-8-21)26(37)35(25(20)36)12-4-11-32-13-15-33(16-14-32)23-5-2-3-6-24(23)38-19-27(29,30)31/h2-3,5-10,17H,4,11-16,18-19H2,1H3. The summed E-state index contributed by atoms with van der Waals surface area (Å²) in [6, 6.07) is 14.0.